The number of hydrogen-bond donors (Lipinski definition) is 5. The van der Waals surface area contributed by atoms with Gasteiger partial charge in [-0.05, 0) is 108 Å². The van der Waals surface area contributed by atoms with Crippen LogP contribution in [0, 0.1) is 0 Å². The van der Waals surface area contributed by atoms with Crippen LogP contribution < -0.4 is 35.5 Å². The van der Waals surface area contributed by atoms with Crippen molar-refractivity contribution in [3.05, 3.63) is 59.5 Å². The lowest BCUT2D eigenvalue weighted by Crippen LogP contribution is -2.55. The molecular formula is C48H74N6O14SSi. The molecule has 2 aromatic rings. The number of rotatable bonds is 18. The number of carbonyl (C=O) groups excluding carboxylic acids is 6. The molecule has 0 aliphatic carbocycles. The van der Waals surface area contributed by atoms with E-state index in [1.54, 1.807) is 71.9 Å². The quantitative estimate of drug-likeness (QED) is 0.0556. The first-order valence-corrected chi connectivity index (χ1v) is 27.4. The zero-order chi connectivity index (χ0) is 53.0. The van der Waals surface area contributed by atoms with E-state index < -0.39 is 89.6 Å². The van der Waals surface area contributed by atoms with Crippen molar-refractivity contribution < 1.29 is 65.3 Å². The minimum atomic E-state index is -4.21. The Bertz CT molecular complexity index is 2320. The summed E-state index contributed by atoms with van der Waals surface area (Å²) in [6.07, 6.45) is -1.51. The van der Waals surface area contributed by atoms with E-state index in [9.17, 15) is 37.2 Å². The van der Waals surface area contributed by atoms with Crippen molar-refractivity contribution in [2.75, 3.05) is 47.1 Å². The monoisotopic (exact) mass is 1020 g/mol. The van der Waals surface area contributed by atoms with E-state index >= 15 is 0 Å². The minimum Gasteiger partial charge on any atom is -0.491 e. The Labute approximate surface area is 413 Å². The van der Waals surface area contributed by atoms with E-state index in [4.69, 9.17) is 28.1 Å². The Morgan fingerprint density at radius 2 is 1.36 bits per heavy atom. The second kappa shape index (κ2) is 24.4. The van der Waals surface area contributed by atoms with Gasteiger partial charge < -0.3 is 54.3 Å². The van der Waals surface area contributed by atoms with Gasteiger partial charge in [-0.1, -0.05) is 39.5 Å². The molecular weight excluding hydrogens is 945 g/mol. The van der Waals surface area contributed by atoms with Gasteiger partial charge in [-0.3, -0.25) is 14.4 Å². The van der Waals surface area contributed by atoms with Gasteiger partial charge in [-0.2, -0.15) is 4.72 Å². The van der Waals surface area contributed by atoms with E-state index in [1.807, 2.05) is 33.9 Å². The molecule has 5 N–H and O–H groups in total. The minimum absolute atomic E-state index is 0.00120. The molecule has 3 rings (SSSR count). The molecule has 0 saturated heterocycles. The number of methoxy groups -OCH3 is 1. The Morgan fingerprint density at radius 3 is 1.86 bits per heavy atom. The lowest BCUT2D eigenvalue weighted by Gasteiger charge is -2.37. The molecule has 4 bridgehead atoms. The predicted molar refractivity (Wildman–Crippen MR) is 266 cm³/mol. The zero-order valence-corrected chi connectivity index (χ0v) is 44.9. The van der Waals surface area contributed by atoms with Gasteiger partial charge in [0, 0.05) is 36.6 Å². The molecule has 5 amide bonds. The summed E-state index contributed by atoms with van der Waals surface area (Å²) < 4.78 is 63.1. The number of ether oxygens (including phenoxy) is 5. The number of alkyl carbamates (subject to hydrolysis) is 2. The summed E-state index contributed by atoms with van der Waals surface area (Å²) in [4.78, 5) is 82.4. The highest BCUT2D eigenvalue weighted by Crippen LogP contribution is 2.41. The standard InChI is InChI=1S/C48H74N6O14SSi/c1-16-69(61,62)53-35(21-24-66-70(14,15)48(9,10)11)42(57)54(12)39-32-18-20-38(65-26-23-50-45(60)68-47(6,7)8)34(29-32)33-27-31(17-19-37(33)64-25-22-49-44(59)67-46(3,4)5)28-36(43(58)63-13)52-40(55)30(2)51-41(39)56/h16-20,27,29-30,35-36,39,53H,1,21-26,28H2,2-15H3,(H,49,59)(H,50,60)(H,51,56)(H,52,55)/t30-,35-,36-,39-/m0/s1. The number of nitrogens with one attached hydrogen (secondary N) is 5. The maximum atomic E-state index is 14.7. The lowest BCUT2D eigenvalue weighted by molar-refractivity contribution is -0.145. The van der Waals surface area contributed by atoms with Crippen LogP contribution in [0.2, 0.25) is 18.1 Å². The number of hydrogen-bond acceptors (Lipinski definition) is 14. The maximum absolute atomic E-state index is 14.7. The molecule has 0 unspecified atom stereocenters. The van der Waals surface area contributed by atoms with Crippen LogP contribution in [0.5, 0.6) is 11.5 Å². The van der Waals surface area contributed by atoms with Crippen LogP contribution in [0.4, 0.5) is 9.59 Å². The largest absolute Gasteiger partial charge is 0.491 e. The van der Waals surface area contributed by atoms with Gasteiger partial charge >= 0.3 is 18.2 Å². The second-order valence-electron chi connectivity index (χ2n) is 20.3. The molecule has 1 aliphatic rings. The van der Waals surface area contributed by atoms with Gasteiger partial charge in [0.1, 0.15) is 60.1 Å². The summed E-state index contributed by atoms with van der Waals surface area (Å²) >= 11 is 0. The fourth-order valence-electron chi connectivity index (χ4n) is 6.63. The molecule has 0 spiro atoms. The van der Waals surface area contributed by atoms with Gasteiger partial charge in [0.2, 0.25) is 27.7 Å². The van der Waals surface area contributed by atoms with Crippen LogP contribution in [-0.2, 0) is 54.3 Å². The molecule has 2 aromatic carbocycles. The normalized spacial score (nSPS) is 17.3. The lowest BCUT2D eigenvalue weighted by atomic mass is 9.93. The highest BCUT2D eigenvalue weighted by molar-refractivity contribution is 7.92. The topological polar surface area (TPSA) is 255 Å². The van der Waals surface area contributed by atoms with Crippen molar-refractivity contribution in [3.8, 4) is 22.6 Å². The molecule has 0 aromatic heterocycles. The predicted octanol–water partition coefficient (Wildman–Crippen LogP) is 5.22. The van der Waals surface area contributed by atoms with E-state index in [0.717, 1.165) is 4.90 Å². The Hall–Kier alpha value is -5.71. The molecule has 0 radical (unpaired) electrons. The first-order chi connectivity index (χ1) is 32.3. The van der Waals surface area contributed by atoms with Gasteiger partial charge in [-0.25, -0.2) is 22.8 Å². The highest BCUT2D eigenvalue weighted by atomic mass is 32.2. The maximum Gasteiger partial charge on any atom is 0.407 e. The summed E-state index contributed by atoms with van der Waals surface area (Å²) in [6.45, 7) is 25.2. The average Bonchev–Trinajstić information content (AvgIpc) is 3.24. The number of carbonyl (C=O) groups is 6. The third-order valence-corrected chi connectivity index (χ3v) is 16.8. The van der Waals surface area contributed by atoms with Crippen LogP contribution in [0.25, 0.3) is 11.1 Å². The number of esters is 1. The van der Waals surface area contributed by atoms with Crippen LogP contribution in [0.1, 0.15) is 92.8 Å². The van der Waals surface area contributed by atoms with E-state index in [1.165, 1.54) is 27.1 Å². The fourth-order valence-corrected chi connectivity index (χ4v) is 8.40. The third-order valence-electron chi connectivity index (χ3n) is 11.2. The van der Waals surface area contributed by atoms with Crippen molar-refractivity contribution in [1.29, 1.82) is 0 Å². The molecule has 4 atom stereocenters. The summed E-state index contributed by atoms with van der Waals surface area (Å²) in [5.41, 5.74) is -0.0866. The van der Waals surface area contributed by atoms with E-state index in [2.05, 4.69) is 32.6 Å². The van der Waals surface area contributed by atoms with Gasteiger partial charge in [-0.15, -0.1) is 0 Å². The SMILES string of the molecule is C=CS(=O)(=O)N[C@@H](CCO[Si](C)(C)C(C)(C)C)C(=O)N(C)[C@@H]1C(=O)N[C@@H](C)C(=O)N[C@H](C(=O)OC)Cc2ccc(OCCNC(=O)OC(C)(C)C)c(c2)-c2cc1ccc2OCCNC(=O)OC(C)(C)C. The van der Waals surface area contributed by atoms with Crippen molar-refractivity contribution in [2.45, 2.75) is 136 Å². The Balaban J connectivity index is 2.30. The van der Waals surface area contributed by atoms with E-state index in [-0.39, 0.29) is 67.9 Å². The molecule has 20 nitrogen and oxygen atoms in total. The van der Waals surface area contributed by atoms with E-state index in [0.29, 0.717) is 22.1 Å². The molecule has 0 saturated carbocycles. The molecule has 390 valence electrons. The fraction of sp³-hybridized carbons (Fsp3) is 0.583. The summed E-state index contributed by atoms with van der Waals surface area (Å²) in [5, 5.41) is 11.1. The van der Waals surface area contributed by atoms with Crippen molar-refractivity contribution in [2.24, 2.45) is 0 Å². The molecule has 0 fully saturated rings. The average molecular weight is 1020 g/mol. The number of sulfonamides is 1. The Morgan fingerprint density at radius 1 is 0.829 bits per heavy atom. The van der Waals surface area contributed by atoms with Crippen molar-refractivity contribution >= 4 is 54.2 Å². The molecule has 1 heterocycles. The number of fused-ring (bicyclic) bond motifs is 5. The number of benzene rings is 2. The van der Waals surface area contributed by atoms with Crippen molar-refractivity contribution in [1.82, 2.24) is 30.9 Å². The van der Waals surface area contributed by atoms with Gasteiger partial charge in [0.25, 0.3) is 0 Å². The van der Waals surface area contributed by atoms with Gasteiger partial charge in [0.15, 0.2) is 8.32 Å². The third kappa shape index (κ3) is 17.9. The number of amides is 5. The van der Waals surface area contributed by atoms with Crippen LogP contribution >= 0.6 is 0 Å². The van der Waals surface area contributed by atoms with Crippen LogP contribution in [0.3, 0.4) is 0 Å². The molecule has 1 aliphatic heterocycles. The molecule has 22 heteroatoms. The number of likely N-dealkylation sites (N-methyl/N-ethyl adjacent to an activating group) is 1. The smallest absolute Gasteiger partial charge is 0.407 e. The molecule has 70 heavy (non-hydrogen) atoms. The first-order valence-electron chi connectivity index (χ1n) is 23.0. The summed E-state index contributed by atoms with van der Waals surface area (Å²) in [5.74, 6) is -2.68. The van der Waals surface area contributed by atoms with Crippen molar-refractivity contribution in [3.63, 3.8) is 0 Å². The highest BCUT2D eigenvalue weighted by Gasteiger charge is 2.39. The number of nitrogens with zero attached hydrogens (tertiary/aromatic N) is 1. The van der Waals surface area contributed by atoms with Crippen LogP contribution in [-0.4, -0.2) is 134 Å². The van der Waals surface area contributed by atoms with Gasteiger partial charge in [0.05, 0.1) is 20.2 Å². The second-order valence-corrected chi connectivity index (χ2v) is 26.8. The Kier molecular flexibility index (Phi) is 20.4. The first kappa shape index (κ1) is 58.6. The van der Waals surface area contributed by atoms with Crippen LogP contribution in [0.15, 0.2) is 48.4 Å². The summed E-state index contributed by atoms with van der Waals surface area (Å²) in [6, 6.07) is 4.23. The summed E-state index contributed by atoms with van der Waals surface area (Å²) in [7, 11) is -4.08. The zero-order valence-electron chi connectivity index (χ0n) is 43.1.